The number of hydrogen-bond acceptors (Lipinski definition) is 3. The number of fused-ring (bicyclic) bond motifs is 1. The van der Waals surface area contributed by atoms with Crippen LogP contribution in [-0.2, 0) is 11.2 Å². The van der Waals surface area contributed by atoms with E-state index in [9.17, 15) is 9.59 Å². The maximum atomic E-state index is 12.2. The molecule has 0 saturated carbocycles. The fourth-order valence-electron chi connectivity index (χ4n) is 2.41. The van der Waals surface area contributed by atoms with Crippen LogP contribution in [0.5, 0.6) is 0 Å². The molecule has 0 spiro atoms. The van der Waals surface area contributed by atoms with Crippen molar-refractivity contribution < 1.29 is 14.7 Å². The van der Waals surface area contributed by atoms with Crippen molar-refractivity contribution in [2.75, 3.05) is 10.6 Å². The van der Waals surface area contributed by atoms with Crippen molar-refractivity contribution in [1.29, 1.82) is 0 Å². The van der Waals surface area contributed by atoms with Gasteiger partial charge in [0.15, 0.2) is 0 Å². The first-order valence-electron chi connectivity index (χ1n) is 7.34. The number of anilines is 2. The van der Waals surface area contributed by atoms with Crippen LogP contribution in [0.2, 0.25) is 0 Å². The highest BCUT2D eigenvalue weighted by Crippen LogP contribution is 2.21. The Hall–Kier alpha value is -3.41. The Kier molecular flexibility index (Phi) is 4.38. The molecule has 2 amide bonds. The first kappa shape index (κ1) is 15.5. The number of hydrogen-bond donors (Lipinski definition) is 3. The highest BCUT2D eigenvalue weighted by Gasteiger charge is 2.08. The molecular weight excluding hydrogens is 306 g/mol. The lowest BCUT2D eigenvalue weighted by atomic mass is 10.1. The molecule has 3 rings (SSSR count). The van der Waals surface area contributed by atoms with E-state index in [1.807, 2.05) is 30.3 Å². The van der Waals surface area contributed by atoms with Crippen molar-refractivity contribution in [2.24, 2.45) is 0 Å². The second-order valence-electron chi connectivity index (χ2n) is 5.23. The Morgan fingerprint density at radius 2 is 1.71 bits per heavy atom. The standard InChI is InChI=1S/C18H15N3O3/c22-16(11-12-6-8-14(9-7-12)20-18(23)24)21-15-5-1-3-13-4-2-10-19-17(13)15/h1-10,20H,11H2,(H,21,22)(H,23,24). The summed E-state index contributed by atoms with van der Waals surface area (Å²) in [5.41, 5.74) is 2.66. The number of carbonyl (C=O) groups excluding carboxylic acids is 1. The van der Waals surface area contributed by atoms with Gasteiger partial charge in [-0.1, -0.05) is 30.3 Å². The number of pyridine rings is 1. The van der Waals surface area contributed by atoms with Crippen molar-refractivity contribution in [2.45, 2.75) is 6.42 Å². The van der Waals surface area contributed by atoms with Gasteiger partial charge in [-0.25, -0.2) is 4.79 Å². The summed E-state index contributed by atoms with van der Waals surface area (Å²) in [6.45, 7) is 0. The summed E-state index contributed by atoms with van der Waals surface area (Å²) in [5, 5.41) is 14.7. The lowest BCUT2D eigenvalue weighted by Crippen LogP contribution is -2.15. The Morgan fingerprint density at radius 3 is 2.46 bits per heavy atom. The molecule has 0 fully saturated rings. The van der Waals surface area contributed by atoms with Gasteiger partial charge in [0, 0.05) is 17.3 Å². The van der Waals surface area contributed by atoms with Crippen LogP contribution >= 0.6 is 0 Å². The summed E-state index contributed by atoms with van der Waals surface area (Å²) >= 11 is 0. The van der Waals surface area contributed by atoms with E-state index in [1.54, 1.807) is 30.5 Å². The van der Waals surface area contributed by atoms with Crippen LogP contribution in [0.4, 0.5) is 16.2 Å². The Morgan fingerprint density at radius 1 is 0.958 bits per heavy atom. The minimum absolute atomic E-state index is 0.160. The largest absolute Gasteiger partial charge is 0.465 e. The molecule has 1 heterocycles. The zero-order chi connectivity index (χ0) is 16.9. The second kappa shape index (κ2) is 6.78. The predicted molar refractivity (Wildman–Crippen MR) is 92.2 cm³/mol. The summed E-state index contributed by atoms with van der Waals surface area (Å²) in [6.07, 6.45) is 0.756. The molecule has 0 aliphatic heterocycles. The van der Waals surface area contributed by atoms with Crippen LogP contribution in [0.15, 0.2) is 60.8 Å². The Bertz CT molecular complexity index is 886. The molecule has 6 nitrogen and oxygen atoms in total. The molecule has 2 aromatic carbocycles. The van der Waals surface area contributed by atoms with E-state index in [2.05, 4.69) is 15.6 Å². The fourth-order valence-corrected chi connectivity index (χ4v) is 2.41. The zero-order valence-corrected chi connectivity index (χ0v) is 12.7. The van der Waals surface area contributed by atoms with Gasteiger partial charge in [0.2, 0.25) is 5.91 Å². The van der Waals surface area contributed by atoms with Crippen molar-refractivity contribution in [3.05, 3.63) is 66.4 Å². The fraction of sp³-hybridized carbons (Fsp3) is 0.0556. The summed E-state index contributed by atoms with van der Waals surface area (Å²) in [4.78, 5) is 27.1. The topological polar surface area (TPSA) is 91.3 Å². The number of aromatic nitrogens is 1. The van der Waals surface area contributed by atoms with Crippen molar-refractivity contribution in [1.82, 2.24) is 4.98 Å². The van der Waals surface area contributed by atoms with Gasteiger partial charge in [0.1, 0.15) is 0 Å². The third-order valence-corrected chi connectivity index (χ3v) is 3.48. The molecular formula is C18H15N3O3. The van der Waals surface area contributed by atoms with Gasteiger partial charge in [0.25, 0.3) is 0 Å². The Balaban J connectivity index is 1.70. The van der Waals surface area contributed by atoms with Crippen LogP contribution in [0.25, 0.3) is 10.9 Å². The molecule has 0 aliphatic rings. The summed E-state index contributed by atoms with van der Waals surface area (Å²) in [7, 11) is 0. The maximum Gasteiger partial charge on any atom is 0.409 e. The summed E-state index contributed by atoms with van der Waals surface area (Å²) in [5.74, 6) is -0.160. The monoisotopic (exact) mass is 321 g/mol. The van der Waals surface area contributed by atoms with Crippen LogP contribution in [-0.4, -0.2) is 22.1 Å². The van der Waals surface area contributed by atoms with Gasteiger partial charge in [-0.15, -0.1) is 0 Å². The molecule has 120 valence electrons. The molecule has 0 radical (unpaired) electrons. The van der Waals surface area contributed by atoms with E-state index in [1.165, 1.54) is 0 Å². The molecule has 3 aromatic rings. The van der Waals surface area contributed by atoms with E-state index < -0.39 is 6.09 Å². The van der Waals surface area contributed by atoms with E-state index in [4.69, 9.17) is 5.11 Å². The summed E-state index contributed by atoms with van der Waals surface area (Å²) < 4.78 is 0. The van der Waals surface area contributed by atoms with Crippen molar-refractivity contribution in [3.63, 3.8) is 0 Å². The minimum Gasteiger partial charge on any atom is -0.465 e. The van der Waals surface area contributed by atoms with E-state index in [-0.39, 0.29) is 12.3 Å². The highest BCUT2D eigenvalue weighted by atomic mass is 16.4. The smallest absolute Gasteiger partial charge is 0.409 e. The van der Waals surface area contributed by atoms with Crippen LogP contribution in [0, 0.1) is 0 Å². The lowest BCUT2D eigenvalue weighted by Gasteiger charge is -2.08. The van der Waals surface area contributed by atoms with Gasteiger partial charge in [-0.2, -0.15) is 0 Å². The van der Waals surface area contributed by atoms with Crippen molar-refractivity contribution >= 4 is 34.3 Å². The van der Waals surface area contributed by atoms with Crippen molar-refractivity contribution in [3.8, 4) is 0 Å². The maximum absolute atomic E-state index is 12.2. The normalized spacial score (nSPS) is 10.3. The average molecular weight is 321 g/mol. The SMILES string of the molecule is O=C(O)Nc1ccc(CC(=O)Nc2cccc3cccnc23)cc1. The second-order valence-corrected chi connectivity index (χ2v) is 5.23. The molecule has 3 N–H and O–H groups in total. The number of rotatable bonds is 4. The van der Waals surface area contributed by atoms with E-state index in [0.717, 1.165) is 16.5 Å². The number of carboxylic acid groups (broad SMARTS) is 1. The number of nitrogens with one attached hydrogen (secondary N) is 2. The third kappa shape index (κ3) is 3.67. The average Bonchev–Trinajstić information content (AvgIpc) is 2.56. The van der Waals surface area contributed by atoms with Gasteiger partial charge < -0.3 is 10.4 Å². The molecule has 6 heteroatoms. The number of carbonyl (C=O) groups is 2. The molecule has 0 unspecified atom stereocenters. The first-order valence-corrected chi connectivity index (χ1v) is 7.34. The zero-order valence-electron chi connectivity index (χ0n) is 12.7. The molecule has 0 saturated heterocycles. The lowest BCUT2D eigenvalue weighted by molar-refractivity contribution is -0.115. The number of nitrogens with zero attached hydrogens (tertiary/aromatic N) is 1. The van der Waals surface area contributed by atoms with Gasteiger partial charge in [-0.05, 0) is 29.8 Å². The molecule has 0 atom stereocenters. The van der Waals surface area contributed by atoms with E-state index in [0.29, 0.717) is 11.4 Å². The Labute approximate surface area is 138 Å². The molecule has 1 aromatic heterocycles. The highest BCUT2D eigenvalue weighted by molar-refractivity contribution is 6.00. The van der Waals surface area contributed by atoms with Crippen LogP contribution < -0.4 is 10.6 Å². The number of benzene rings is 2. The van der Waals surface area contributed by atoms with Crippen LogP contribution in [0.1, 0.15) is 5.56 Å². The van der Waals surface area contributed by atoms with Crippen LogP contribution in [0.3, 0.4) is 0 Å². The van der Waals surface area contributed by atoms with Gasteiger partial charge >= 0.3 is 6.09 Å². The molecule has 0 aliphatic carbocycles. The third-order valence-electron chi connectivity index (χ3n) is 3.48. The predicted octanol–water partition coefficient (Wildman–Crippen LogP) is 3.51. The van der Waals surface area contributed by atoms with E-state index >= 15 is 0 Å². The van der Waals surface area contributed by atoms with Gasteiger partial charge in [-0.3, -0.25) is 15.1 Å². The molecule has 0 bridgehead atoms. The quantitative estimate of drug-likeness (QED) is 0.686. The summed E-state index contributed by atoms with van der Waals surface area (Å²) in [6, 6.07) is 16.1. The van der Waals surface area contributed by atoms with Gasteiger partial charge in [0.05, 0.1) is 17.6 Å². The number of amides is 2. The molecule has 24 heavy (non-hydrogen) atoms. The minimum atomic E-state index is -1.12. The first-order chi connectivity index (χ1) is 11.6. The number of para-hydroxylation sites is 1.